The molecule has 17 heavy (non-hydrogen) atoms. The Hall–Kier alpha value is -1.03. The first-order valence-corrected chi connectivity index (χ1v) is 5.40. The van der Waals surface area contributed by atoms with E-state index < -0.39 is 12.3 Å². The highest BCUT2D eigenvalue weighted by Gasteiger charge is 2.41. The number of rotatable bonds is 1. The lowest BCUT2D eigenvalue weighted by Crippen LogP contribution is -2.23. The number of aliphatic hydroxyl groups excluding tert-OH is 1. The van der Waals surface area contributed by atoms with Crippen LogP contribution in [-0.2, 0) is 0 Å². The fraction of sp³-hybridized carbons (Fsp3) is 0.538. The third kappa shape index (κ3) is 2.32. The number of hydrogen-bond acceptors (Lipinski definition) is 1. The molecule has 1 aromatic carbocycles. The third-order valence-corrected chi connectivity index (χ3v) is 3.64. The van der Waals surface area contributed by atoms with Crippen LogP contribution in [0.25, 0.3) is 0 Å². The summed E-state index contributed by atoms with van der Waals surface area (Å²) in [6, 6.07) is 0. The first-order chi connectivity index (χ1) is 7.59. The van der Waals surface area contributed by atoms with Crippen LogP contribution in [0.15, 0.2) is 0 Å². The van der Waals surface area contributed by atoms with Crippen LogP contribution in [0.1, 0.15) is 39.5 Å². The van der Waals surface area contributed by atoms with Crippen molar-refractivity contribution in [3.05, 3.63) is 33.4 Å². The molecular weight excluding hydrogens is 229 g/mol. The molecular formula is C13H17F3O. The number of halogens is 3. The Balaban J connectivity index is 3.55. The van der Waals surface area contributed by atoms with E-state index in [9.17, 15) is 18.3 Å². The van der Waals surface area contributed by atoms with Gasteiger partial charge < -0.3 is 5.11 Å². The van der Waals surface area contributed by atoms with Gasteiger partial charge in [0.1, 0.15) is 0 Å². The average molecular weight is 246 g/mol. The van der Waals surface area contributed by atoms with Crippen molar-refractivity contribution in [2.75, 3.05) is 0 Å². The molecule has 1 unspecified atom stereocenters. The Morgan fingerprint density at radius 1 is 0.765 bits per heavy atom. The highest BCUT2D eigenvalue weighted by Crippen LogP contribution is 2.38. The van der Waals surface area contributed by atoms with Gasteiger partial charge in [0.25, 0.3) is 0 Å². The molecule has 96 valence electrons. The van der Waals surface area contributed by atoms with E-state index in [2.05, 4.69) is 0 Å². The third-order valence-electron chi connectivity index (χ3n) is 3.64. The van der Waals surface area contributed by atoms with Crippen molar-refractivity contribution in [1.82, 2.24) is 0 Å². The van der Waals surface area contributed by atoms with E-state index in [0.717, 1.165) is 16.7 Å². The minimum Gasteiger partial charge on any atom is -0.379 e. The van der Waals surface area contributed by atoms with Gasteiger partial charge in [0.15, 0.2) is 6.10 Å². The Kier molecular flexibility index (Phi) is 3.58. The Morgan fingerprint density at radius 2 is 1.06 bits per heavy atom. The highest BCUT2D eigenvalue weighted by atomic mass is 19.4. The van der Waals surface area contributed by atoms with Gasteiger partial charge in [-0.25, -0.2) is 0 Å². The second-order valence-electron chi connectivity index (χ2n) is 4.48. The monoisotopic (exact) mass is 246 g/mol. The van der Waals surface area contributed by atoms with Gasteiger partial charge in [-0.3, -0.25) is 0 Å². The van der Waals surface area contributed by atoms with Gasteiger partial charge in [0.2, 0.25) is 0 Å². The molecule has 1 N–H and O–H groups in total. The molecule has 1 nitrogen and oxygen atoms in total. The first kappa shape index (κ1) is 14.0. The number of aliphatic hydroxyl groups is 1. The molecule has 1 aromatic rings. The summed E-state index contributed by atoms with van der Waals surface area (Å²) in [5.74, 6) is 0. The molecule has 0 radical (unpaired) electrons. The largest absolute Gasteiger partial charge is 0.418 e. The highest BCUT2D eigenvalue weighted by molar-refractivity contribution is 5.50. The SMILES string of the molecule is Cc1c(C)c(C)c(C(O)C(F)(F)F)c(C)c1C. The maximum atomic E-state index is 12.6. The molecule has 0 amide bonds. The molecule has 0 heterocycles. The van der Waals surface area contributed by atoms with Gasteiger partial charge in [-0.1, -0.05) is 0 Å². The van der Waals surface area contributed by atoms with Crippen LogP contribution in [0.5, 0.6) is 0 Å². The van der Waals surface area contributed by atoms with E-state index in [1.807, 2.05) is 6.92 Å². The van der Waals surface area contributed by atoms with Crippen LogP contribution in [0, 0.1) is 34.6 Å². The molecule has 0 aliphatic heterocycles. The molecule has 1 atom stereocenters. The van der Waals surface area contributed by atoms with Crippen LogP contribution >= 0.6 is 0 Å². The Morgan fingerprint density at radius 3 is 1.35 bits per heavy atom. The van der Waals surface area contributed by atoms with Crippen molar-refractivity contribution >= 4 is 0 Å². The summed E-state index contributed by atoms with van der Waals surface area (Å²) in [5, 5.41) is 9.43. The van der Waals surface area contributed by atoms with Crippen LogP contribution in [0.2, 0.25) is 0 Å². The number of alkyl halides is 3. The molecule has 0 aliphatic carbocycles. The van der Waals surface area contributed by atoms with Crippen molar-refractivity contribution in [3.8, 4) is 0 Å². The van der Waals surface area contributed by atoms with E-state index in [4.69, 9.17) is 0 Å². The van der Waals surface area contributed by atoms with Crippen LogP contribution in [0.4, 0.5) is 13.2 Å². The maximum Gasteiger partial charge on any atom is 0.418 e. The number of benzene rings is 1. The molecule has 0 saturated heterocycles. The molecule has 0 aliphatic rings. The quantitative estimate of drug-likeness (QED) is 0.798. The molecule has 0 saturated carbocycles. The van der Waals surface area contributed by atoms with Gasteiger partial charge in [-0.2, -0.15) is 13.2 Å². The zero-order valence-electron chi connectivity index (χ0n) is 10.7. The van der Waals surface area contributed by atoms with Gasteiger partial charge in [-0.05, 0) is 68.0 Å². The van der Waals surface area contributed by atoms with Gasteiger partial charge in [0.05, 0.1) is 0 Å². The summed E-state index contributed by atoms with van der Waals surface area (Å²) in [6.07, 6.45) is -7.02. The summed E-state index contributed by atoms with van der Waals surface area (Å²) < 4.78 is 37.8. The second kappa shape index (κ2) is 4.33. The summed E-state index contributed by atoms with van der Waals surface area (Å²) in [6.45, 7) is 8.69. The van der Waals surface area contributed by atoms with E-state index >= 15 is 0 Å². The zero-order valence-corrected chi connectivity index (χ0v) is 10.7. The fourth-order valence-corrected chi connectivity index (χ4v) is 2.10. The van der Waals surface area contributed by atoms with Crippen molar-refractivity contribution < 1.29 is 18.3 Å². The minimum atomic E-state index is -4.62. The standard InChI is InChI=1S/C13H17F3O/c1-6-7(2)9(4)11(10(5)8(6)3)12(17)13(14,15)16/h12,17H,1-5H3. The van der Waals surface area contributed by atoms with E-state index in [1.165, 1.54) is 0 Å². The molecule has 0 aromatic heterocycles. The van der Waals surface area contributed by atoms with E-state index in [0.29, 0.717) is 11.1 Å². The van der Waals surface area contributed by atoms with Crippen LogP contribution < -0.4 is 0 Å². The van der Waals surface area contributed by atoms with Crippen molar-refractivity contribution in [2.45, 2.75) is 46.9 Å². The van der Waals surface area contributed by atoms with Crippen molar-refractivity contribution in [2.24, 2.45) is 0 Å². The topological polar surface area (TPSA) is 20.2 Å². The summed E-state index contributed by atoms with van der Waals surface area (Å²) in [5.41, 5.74) is 3.65. The predicted octanol–water partition coefficient (Wildman–Crippen LogP) is 3.82. The predicted molar refractivity (Wildman–Crippen MR) is 61.1 cm³/mol. The summed E-state index contributed by atoms with van der Waals surface area (Å²) in [7, 11) is 0. The molecule has 0 spiro atoms. The van der Waals surface area contributed by atoms with Crippen molar-refractivity contribution in [1.29, 1.82) is 0 Å². The maximum absolute atomic E-state index is 12.6. The van der Waals surface area contributed by atoms with Crippen LogP contribution in [0.3, 0.4) is 0 Å². The lowest BCUT2D eigenvalue weighted by molar-refractivity contribution is -0.207. The lowest BCUT2D eigenvalue weighted by atomic mass is 9.87. The minimum absolute atomic E-state index is 0.00176. The first-order valence-electron chi connectivity index (χ1n) is 5.40. The Bertz CT molecular complexity index is 418. The van der Waals surface area contributed by atoms with Gasteiger partial charge in [-0.15, -0.1) is 0 Å². The average Bonchev–Trinajstić information content (AvgIpc) is 2.22. The van der Waals surface area contributed by atoms with Crippen molar-refractivity contribution in [3.63, 3.8) is 0 Å². The van der Waals surface area contributed by atoms with E-state index in [-0.39, 0.29) is 5.56 Å². The normalized spacial score (nSPS) is 13.9. The smallest absolute Gasteiger partial charge is 0.379 e. The van der Waals surface area contributed by atoms with Gasteiger partial charge >= 0.3 is 6.18 Å². The fourth-order valence-electron chi connectivity index (χ4n) is 2.10. The number of hydrogen-bond donors (Lipinski definition) is 1. The molecule has 0 bridgehead atoms. The summed E-state index contributed by atoms with van der Waals surface area (Å²) >= 11 is 0. The molecule has 0 fully saturated rings. The second-order valence-corrected chi connectivity index (χ2v) is 4.48. The van der Waals surface area contributed by atoms with E-state index in [1.54, 1.807) is 27.7 Å². The zero-order chi connectivity index (χ0) is 13.5. The van der Waals surface area contributed by atoms with Crippen LogP contribution in [-0.4, -0.2) is 11.3 Å². The molecule has 4 heteroatoms. The Labute approximate surface area is 99.3 Å². The summed E-state index contributed by atoms with van der Waals surface area (Å²) in [4.78, 5) is 0. The van der Waals surface area contributed by atoms with Gasteiger partial charge in [0, 0.05) is 0 Å². The molecule has 1 rings (SSSR count). The lowest BCUT2D eigenvalue weighted by Gasteiger charge is -2.23.